The molecular weight excluding hydrogens is 819 g/mol. The molecule has 0 unspecified atom stereocenters. The summed E-state index contributed by atoms with van der Waals surface area (Å²) in [4.78, 5) is 72.7. The van der Waals surface area contributed by atoms with Gasteiger partial charge in [0.1, 0.15) is 35.4 Å². The highest BCUT2D eigenvalue weighted by Crippen LogP contribution is 2.58. The van der Waals surface area contributed by atoms with Crippen LogP contribution in [0.15, 0.2) is 30.3 Å². The van der Waals surface area contributed by atoms with Crippen LogP contribution in [-0.4, -0.2) is 114 Å². The highest BCUT2D eigenvalue weighted by molar-refractivity contribution is 5.94. The average Bonchev–Trinajstić information content (AvgIpc) is 3.75. The van der Waals surface area contributed by atoms with Gasteiger partial charge < -0.3 is 39.4 Å². The summed E-state index contributed by atoms with van der Waals surface area (Å²) in [6, 6.07) is 4.69. The monoisotopic (exact) mass is 881 g/mol. The Kier molecular flexibility index (Phi) is 16.6. The topological polar surface area (TPSA) is 188 Å². The Morgan fingerprint density at radius 1 is 1.02 bits per heavy atom. The van der Waals surface area contributed by atoms with Gasteiger partial charge in [-0.2, -0.15) is 18.2 Å². The Morgan fingerprint density at radius 3 is 2.35 bits per heavy atom. The number of aliphatic hydroxyl groups excluding tert-OH is 1. The quantitative estimate of drug-likeness (QED) is 0.0586. The lowest BCUT2D eigenvalue weighted by atomic mass is 9.62. The van der Waals surface area contributed by atoms with E-state index < -0.39 is 102 Å². The zero-order chi connectivity index (χ0) is 45.3. The molecule has 3 heterocycles. The summed E-state index contributed by atoms with van der Waals surface area (Å²) in [5.74, 6) is -4.35. The fraction of sp³-hybridized carbons (Fsp3) is 0.705. The van der Waals surface area contributed by atoms with Gasteiger partial charge in [0.25, 0.3) is 0 Å². The van der Waals surface area contributed by atoms with Crippen molar-refractivity contribution in [2.45, 2.75) is 172 Å². The second kappa shape index (κ2) is 21.1. The van der Waals surface area contributed by atoms with Crippen LogP contribution in [0.1, 0.15) is 123 Å². The second-order valence-electron chi connectivity index (χ2n) is 17.6. The van der Waals surface area contributed by atoms with Crippen molar-refractivity contribution in [3.05, 3.63) is 41.5 Å². The number of esters is 3. The van der Waals surface area contributed by atoms with Crippen molar-refractivity contribution >= 4 is 35.8 Å². The third-order valence-corrected chi connectivity index (χ3v) is 11.4. The Hall–Kier alpha value is -4.10. The van der Waals surface area contributed by atoms with Gasteiger partial charge in [0.15, 0.2) is 18.4 Å². The first-order valence-electron chi connectivity index (χ1n) is 21.7. The molecule has 4 aliphatic rings. The van der Waals surface area contributed by atoms with Crippen molar-refractivity contribution in [1.82, 2.24) is 15.7 Å². The molecule has 3 N–H and O–H groups in total. The molecule has 18 heteroatoms. The summed E-state index contributed by atoms with van der Waals surface area (Å²) in [6.45, 7) is 7.12. The van der Waals surface area contributed by atoms with Crippen LogP contribution in [0.2, 0.25) is 0 Å². The van der Waals surface area contributed by atoms with Gasteiger partial charge in [-0.25, -0.2) is 4.79 Å². The summed E-state index contributed by atoms with van der Waals surface area (Å²) < 4.78 is 67.0. The second-order valence-corrected chi connectivity index (χ2v) is 17.6. The maximum Gasteiger partial charge on any atom is 0.422 e. The lowest BCUT2D eigenvalue weighted by Gasteiger charge is -2.48. The minimum atomic E-state index is -4.67. The van der Waals surface area contributed by atoms with Crippen molar-refractivity contribution in [1.29, 1.82) is 0 Å². The van der Waals surface area contributed by atoms with Crippen LogP contribution >= 0.6 is 0 Å². The molecule has 0 radical (unpaired) electrons. The van der Waals surface area contributed by atoms with Gasteiger partial charge in [-0.3, -0.25) is 24.0 Å². The molecule has 4 fully saturated rings. The first-order chi connectivity index (χ1) is 29.3. The molecule has 3 aliphatic heterocycles. The first-order valence-corrected chi connectivity index (χ1v) is 21.7. The number of ether oxygens (including phenoxy) is 5. The fourth-order valence-electron chi connectivity index (χ4n) is 8.69. The maximum atomic E-state index is 14.7. The lowest BCUT2D eigenvalue weighted by molar-refractivity contribution is -0.224. The molecule has 15 nitrogen and oxygen atoms in total. The van der Waals surface area contributed by atoms with E-state index in [1.807, 2.05) is 0 Å². The third kappa shape index (κ3) is 12.5. The summed E-state index contributed by atoms with van der Waals surface area (Å²) in [6.07, 6.45) is 0.876. The maximum absolute atomic E-state index is 14.7. The van der Waals surface area contributed by atoms with E-state index >= 15 is 0 Å². The number of rotatable bonds is 22. The molecule has 0 spiro atoms. The highest BCUT2D eigenvalue weighted by Gasteiger charge is 2.76. The lowest BCUT2D eigenvalue weighted by Crippen LogP contribution is -2.69. The molecule has 62 heavy (non-hydrogen) atoms. The van der Waals surface area contributed by atoms with Crippen LogP contribution in [0.25, 0.3) is 6.08 Å². The van der Waals surface area contributed by atoms with Crippen LogP contribution in [0.3, 0.4) is 0 Å². The van der Waals surface area contributed by atoms with E-state index in [1.54, 1.807) is 45.0 Å². The van der Waals surface area contributed by atoms with Crippen molar-refractivity contribution in [3.8, 4) is 0 Å². The molecule has 2 bridgehead atoms. The van der Waals surface area contributed by atoms with Gasteiger partial charge in [-0.05, 0) is 57.2 Å². The molecule has 1 saturated carbocycles. The van der Waals surface area contributed by atoms with E-state index in [-0.39, 0.29) is 38.8 Å². The number of carbonyl (C=O) groups excluding carboxylic acids is 5. The molecule has 1 aromatic rings. The predicted octanol–water partition coefficient (Wildman–Crippen LogP) is 5.35. The Labute approximate surface area is 360 Å². The average molecular weight is 882 g/mol. The van der Waals surface area contributed by atoms with Crippen molar-refractivity contribution in [3.63, 3.8) is 0 Å². The van der Waals surface area contributed by atoms with E-state index in [0.717, 1.165) is 44.6 Å². The number of benzene rings is 1. The fourth-order valence-corrected chi connectivity index (χ4v) is 8.69. The number of hydrogen-bond donors (Lipinski definition) is 3. The number of amides is 2. The standard InChI is InChI=1S/C44H62F3N3O12/c1-6-8-10-20-42(21-11-9-7-2)60-35-31-24-43(40(56)48-22-19-32(52)49-30(26-51)16-18-34(54)59-41(3,4)5)37(39(55)58-31)50(62-38(43)36(35)61-42)25-29-14-12-13-28(23-29)15-17-33(53)57-27-44(45,46)47/h12-15,17,23,30-31,35-38,51H,6-11,16,18-22,24-27H2,1-5H3,(H,48,56)(H,49,52)/t30-,31+,35-,36-,37+,38+,43+/m0/s1. The van der Waals surface area contributed by atoms with Crippen molar-refractivity contribution in [2.75, 3.05) is 19.8 Å². The molecule has 1 aromatic carbocycles. The first kappa shape index (κ1) is 48.9. The van der Waals surface area contributed by atoms with Crippen LogP contribution in [-0.2, 0) is 59.0 Å². The number of hydroxylamine groups is 2. The Morgan fingerprint density at radius 2 is 1.71 bits per heavy atom. The van der Waals surface area contributed by atoms with E-state index in [4.69, 9.17) is 23.8 Å². The van der Waals surface area contributed by atoms with Crippen molar-refractivity contribution in [2.24, 2.45) is 5.41 Å². The number of alkyl halides is 3. The molecule has 3 saturated heterocycles. The molecule has 5 rings (SSSR count). The van der Waals surface area contributed by atoms with E-state index in [2.05, 4.69) is 29.2 Å². The number of carbonyl (C=O) groups is 5. The number of unbranched alkanes of at least 4 members (excludes halogenated alkanes) is 4. The minimum absolute atomic E-state index is 0.0218. The van der Waals surface area contributed by atoms with E-state index in [0.29, 0.717) is 24.0 Å². The molecule has 346 valence electrons. The van der Waals surface area contributed by atoms with Crippen LogP contribution in [0, 0.1) is 5.41 Å². The van der Waals surface area contributed by atoms with Gasteiger partial charge in [-0.1, -0.05) is 63.8 Å². The number of halogens is 3. The summed E-state index contributed by atoms with van der Waals surface area (Å²) in [5, 5.41) is 16.8. The van der Waals surface area contributed by atoms with Crippen molar-refractivity contribution < 1.29 is 70.8 Å². The van der Waals surface area contributed by atoms with Gasteiger partial charge in [0.05, 0.1) is 19.2 Å². The number of fused-ring (bicyclic) bond motifs is 4. The molecule has 7 atom stereocenters. The summed E-state index contributed by atoms with van der Waals surface area (Å²) in [7, 11) is 0. The predicted molar refractivity (Wildman–Crippen MR) is 216 cm³/mol. The number of aliphatic hydroxyl groups is 1. The molecule has 2 amide bonds. The van der Waals surface area contributed by atoms with Crippen LogP contribution in [0.4, 0.5) is 13.2 Å². The Bertz CT molecular complexity index is 1760. The van der Waals surface area contributed by atoms with Gasteiger partial charge in [0, 0.05) is 44.7 Å². The molecule has 1 aliphatic carbocycles. The molecular formula is C44H62F3N3O12. The number of hydrogen-bond acceptors (Lipinski definition) is 13. The van der Waals surface area contributed by atoms with E-state index in [9.17, 15) is 42.3 Å². The summed E-state index contributed by atoms with van der Waals surface area (Å²) >= 11 is 0. The number of nitrogens with zero attached hydrogens (tertiary/aromatic N) is 1. The summed E-state index contributed by atoms with van der Waals surface area (Å²) in [5.41, 5.74) is -1.19. The number of nitrogens with one attached hydrogen (secondary N) is 2. The smallest absolute Gasteiger partial charge is 0.422 e. The van der Waals surface area contributed by atoms with Crippen LogP contribution in [0.5, 0.6) is 0 Å². The third-order valence-electron chi connectivity index (χ3n) is 11.4. The van der Waals surface area contributed by atoms with Crippen LogP contribution < -0.4 is 10.6 Å². The highest BCUT2D eigenvalue weighted by atomic mass is 19.4. The van der Waals surface area contributed by atoms with Gasteiger partial charge >= 0.3 is 24.1 Å². The SMILES string of the molecule is CCCCCC1(CCCCC)O[C@@H]2[C@H](O1)[C@H]1ON(Cc3cccc(C=CC(=O)OCC(F)(F)F)c3)[C@@H]3C(=O)O[C@@H]2C[C@]13C(=O)NCCC(=O)N[C@H](CO)CCC(=O)OC(C)(C)C. The normalized spacial score (nSPS) is 25.8. The minimum Gasteiger partial charge on any atom is -0.460 e. The Balaban J connectivity index is 1.36. The largest absolute Gasteiger partial charge is 0.460 e. The van der Waals surface area contributed by atoms with Gasteiger partial charge in [0.2, 0.25) is 11.8 Å². The molecule has 0 aromatic heterocycles. The zero-order valence-corrected chi connectivity index (χ0v) is 36.3. The van der Waals surface area contributed by atoms with E-state index in [1.165, 1.54) is 11.1 Å². The van der Waals surface area contributed by atoms with Gasteiger partial charge in [-0.15, -0.1) is 0 Å². The zero-order valence-electron chi connectivity index (χ0n) is 36.3.